The van der Waals surface area contributed by atoms with Crippen molar-refractivity contribution in [2.24, 2.45) is 0 Å². The molecule has 1 fully saturated rings. The first kappa shape index (κ1) is 20.4. The van der Waals surface area contributed by atoms with Gasteiger partial charge in [-0.25, -0.2) is 0 Å². The number of para-hydroxylation sites is 1. The molecular formula is C20H29N3O2S. The molecule has 1 aromatic carbocycles. The van der Waals surface area contributed by atoms with Gasteiger partial charge in [0.1, 0.15) is 12.1 Å². The lowest BCUT2D eigenvalue weighted by Crippen LogP contribution is -2.49. The highest BCUT2D eigenvalue weighted by Gasteiger charge is 2.28. The second-order valence-electron chi connectivity index (χ2n) is 6.60. The number of hydrogen-bond donors (Lipinski definition) is 3. The van der Waals surface area contributed by atoms with E-state index in [9.17, 15) is 9.59 Å². The lowest BCUT2D eigenvalue weighted by atomic mass is 10.1. The van der Waals surface area contributed by atoms with Gasteiger partial charge in [-0.2, -0.15) is 11.8 Å². The van der Waals surface area contributed by atoms with E-state index in [1.165, 1.54) is 0 Å². The predicted molar refractivity (Wildman–Crippen MR) is 109 cm³/mol. The first-order valence-corrected chi connectivity index (χ1v) is 10.6. The van der Waals surface area contributed by atoms with Crippen LogP contribution >= 0.6 is 11.8 Å². The third kappa shape index (κ3) is 6.75. The van der Waals surface area contributed by atoms with E-state index in [0.717, 1.165) is 49.2 Å². The number of nitrogens with one attached hydrogen (secondary N) is 3. The first-order valence-electron chi connectivity index (χ1n) is 9.19. The molecule has 0 aromatic heterocycles. The van der Waals surface area contributed by atoms with Gasteiger partial charge in [0, 0.05) is 11.4 Å². The summed E-state index contributed by atoms with van der Waals surface area (Å²) >= 11 is 1.83. The van der Waals surface area contributed by atoms with E-state index in [0.29, 0.717) is 6.42 Å². The monoisotopic (exact) mass is 375 g/mol. The Labute approximate surface area is 160 Å². The maximum Gasteiger partial charge on any atom is 0.246 e. The predicted octanol–water partition coefficient (Wildman–Crippen LogP) is 3.30. The zero-order valence-corrected chi connectivity index (χ0v) is 16.2. The van der Waals surface area contributed by atoms with Crippen molar-refractivity contribution < 1.29 is 9.59 Å². The Morgan fingerprint density at radius 1 is 1.27 bits per heavy atom. The Bertz CT molecular complexity index is 606. The second-order valence-corrected chi connectivity index (χ2v) is 7.58. The van der Waals surface area contributed by atoms with Crippen molar-refractivity contribution in [3.8, 4) is 0 Å². The number of thioether (sulfide) groups is 1. The number of carbonyl (C=O) groups excluding carboxylic acids is 2. The van der Waals surface area contributed by atoms with Crippen molar-refractivity contribution in [2.45, 2.75) is 50.6 Å². The van der Waals surface area contributed by atoms with Gasteiger partial charge in [-0.15, -0.1) is 0 Å². The molecule has 26 heavy (non-hydrogen) atoms. The zero-order chi connectivity index (χ0) is 18.8. The Morgan fingerprint density at radius 2 is 2.04 bits per heavy atom. The molecule has 0 bridgehead atoms. The van der Waals surface area contributed by atoms with Gasteiger partial charge >= 0.3 is 0 Å². The molecular weight excluding hydrogens is 346 g/mol. The molecule has 0 unspecified atom stereocenters. The van der Waals surface area contributed by atoms with Crippen molar-refractivity contribution in [1.29, 1.82) is 0 Å². The van der Waals surface area contributed by atoms with Crippen molar-refractivity contribution in [3.05, 3.63) is 42.6 Å². The SMILES string of the molecule is C=C1CC[C@H](C(=O)N[C@@H](CCCCCSC)C(=O)Nc2ccccc2)N1. The van der Waals surface area contributed by atoms with Gasteiger partial charge < -0.3 is 16.0 Å². The van der Waals surface area contributed by atoms with Crippen LogP contribution in [0.5, 0.6) is 0 Å². The minimum absolute atomic E-state index is 0.124. The van der Waals surface area contributed by atoms with Crippen molar-refractivity contribution >= 4 is 29.3 Å². The summed E-state index contributed by atoms with van der Waals surface area (Å²) in [5.41, 5.74) is 1.62. The Kier molecular flexibility index (Phi) is 8.54. The summed E-state index contributed by atoms with van der Waals surface area (Å²) in [5, 5.41) is 8.92. The summed E-state index contributed by atoms with van der Waals surface area (Å²) in [4.78, 5) is 25.2. The summed E-state index contributed by atoms with van der Waals surface area (Å²) in [6.45, 7) is 3.86. The van der Waals surface area contributed by atoms with Crippen LogP contribution in [0.2, 0.25) is 0 Å². The quantitative estimate of drug-likeness (QED) is 0.549. The van der Waals surface area contributed by atoms with Crippen molar-refractivity contribution in [1.82, 2.24) is 10.6 Å². The fraction of sp³-hybridized carbons (Fsp3) is 0.500. The van der Waals surface area contributed by atoms with Crippen molar-refractivity contribution in [2.75, 3.05) is 17.3 Å². The number of unbranched alkanes of at least 4 members (excludes halogenated alkanes) is 2. The second kappa shape index (κ2) is 10.9. The summed E-state index contributed by atoms with van der Waals surface area (Å²) in [5.74, 6) is 0.841. The normalized spacial score (nSPS) is 17.4. The van der Waals surface area contributed by atoms with Crippen LogP contribution in [0, 0.1) is 0 Å². The molecule has 0 aliphatic carbocycles. The maximum atomic E-state index is 12.7. The highest BCUT2D eigenvalue weighted by Crippen LogP contribution is 2.15. The average Bonchev–Trinajstić information content (AvgIpc) is 3.08. The summed E-state index contributed by atoms with van der Waals surface area (Å²) < 4.78 is 0. The van der Waals surface area contributed by atoms with Crippen LogP contribution in [0.15, 0.2) is 42.6 Å². The third-order valence-corrected chi connectivity index (χ3v) is 5.14. The zero-order valence-electron chi connectivity index (χ0n) is 15.4. The fourth-order valence-electron chi connectivity index (χ4n) is 2.97. The van der Waals surface area contributed by atoms with Gasteiger partial charge in [0.2, 0.25) is 11.8 Å². The molecule has 1 aliphatic rings. The van der Waals surface area contributed by atoms with E-state index in [2.05, 4.69) is 28.8 Å². The molecule has 1 saturated heterocycles. The van der Waals surface area contributed by atoms with Crippen LogP contribution in [-0.4, -0.2) is 35.9 Å². The largest absolute Gasteiger partial charge is 0.378 e. The molecule has 2 rings (SSSR count). The van der Waals surface area contributed by atoms with Gasteiger partial charge in [0.25, 0.3) is 0 Å². The molecule has 0 saturated carbocycles. The Morgan fingerprint density at radius 3 is 2.69 bits per heavy atom. The number of amides is 2. The number of carbonyl (C=O) groups is 2. The molecule has 5 nitrogen and oxygen atoms in total. The molecule has 3 N–H and O–H groups in total. The van der Waals surface area contributed by atoms with Gasteiger partial charge in [-0.1, -0.05) is 37.6 Å². The van der Waals surface area contributed by atoms with Crippen LogP contribution in [0.1, 0.15) is 38.5 Å². The number of anilines is 1. The maximum absolute atomic E-state index is 12.7. The van der Waals surface area contributed by atoms with Crippen molar-refractivity contribution in [3.63, 3.8) is 0 Å². The van der Waals surface area contributed by atoms with E-state index in [1.807, 2.05) is 42.1 Å². The van der Waals surface area contributed by atoms with E-state index in [-0.39, 0.29) is 17.9 Å². The average molecular weight is 376 g/mol. The molecule has 1 heterocycles. The van der Waals surface area contributed by atoms with E-state index in [1.54, 1.807) is 0 Å². The minimum atomic E-state index is -0.521. The van der Waals surface area contributed by atoms with Crippen LogP contribution in [0.3, 0.4) is 0 Å². The van der Waals surface area contributed by atoms with E-state index >= 15 is 0 Å². The molecule has 2 atom stereocenters. The van der Waals surface area contributed by atoms with Gasteiger partial charge in [-0.05, 0) is 49.8 Å². The van der Waals surface area contributed by atoms with Gasteiger partial charge in [0.15, 0.2) is 0 Å². The third-order valence-electron chi connectivity index (χ3n) is 4.45. The number of rotatable bonds is 10. The lowest BCUT2D eigenvalue weighted by molar-refractivity contribution is -0.127. The number of benzene rings is 1. The topological polar surface area (TPSA) is 70.2 Å². The standard InChI is InChI=1S/C20H29N3O2S/c1-15-12-13-18(21-15)20(25)23-17(11-7-4-8-14-26-2)19(24)22-16-9-5-3-6-10-16/h3,5-6,9-10,17-18,21H,1,4,7-8,11-14H2,2H3,(H,22,24)(H,23,25)/t17-,18+/m0/s1. The smallest absolute Gasteiger partial charge is 0.246 e. The number of hydrogen-bond acceptors (Lipinski definition) is 4. The molecule has 6 heteroatoms. The highest BCUT2D eigenvalue weighted by molar-refractivity contribution is 7.98. The molecule has 1 aliphatic heterocycles. The minimum Gasteiger partial charge on any atom is -0.378 e. The van der Waals surface area contributed by atoms with E-state index in [4.69, 9.17) is 0 Å². The summed E-state index contributed by atoms with van der Waals surface area (Å²) in [7, 11) is 0. The van der Waals surface area contributed by atoms with Crippen LogP contribution in [0.25, 0.3) is 0 Å². The Balaban J connectivity index is 1.92. The molecule has 142 valence electrons. The molecule has 0 spiro atoms. The lowest BCUT2D eigenvalue weighted by Gasteiger charge is -2.21. The summed E-state index contributed by atoms with van der Waals surface area (Å²) in [6.07, 6.45) is 7.37. The van der Waals surface area contributed by atoms with Gasteiger partial charge in [-0.3, -0.25) is 9.59 Å². The molecule has 0 radical (unpaired) electrons. The number of allylic oxidation sites excluding steroid dienone is 1. The Hall–Kier alpha value is -1.95. The van der Waals surface area contributed by atoms with E-state index < -0.39 is 6.04 Å². The van der Waals surface area contributed by atoms with Crippen LogP contribution in [0.4, 0.5) is 5.69 Å². The molecule has 2 amide bonds. The van der Waals surface area contributed by atoms with Crippen LogP contribution < -0.4 is 16.0 Å². The van der Waals surface area contributed by atoms with Gasteiger partial charge in [0.05, 0.1) is 0 Å². The summed E-state index contributed by atoms with van der Waals surface area (Å²) in [6, 6.07) is 8.53. The highest BCUT2D eigenvalue weighted by atomic mass is 32.2. The fourth-order valence-corrected chi connectivity index (χ4v) is 3.46. The van der Waals surface area contributed by atoms with Crippen LogP contribution in [-0.2, 0) is 9.59 Å². The first-order chi connectivity index (χ1) is 12.6. The molecule has 1 aromatic rings.